The first-order valence-electron chi connectivity index (χ1n) is 5.96. The highest BCUT2D eigenvalue weighted by Gasteiger charge is 2.30. The van der Waals surface area contributed by atoms with Gasteiger partial charge in [0.2, 0.25) is 0 Å². The van der Waals surface area contributed by atoms with Gasteiger partial charge in [0.15, 0.2) is 0 Å². The molecule has 2 nitrogen and oxygen atoms in total. The smallest absolute Gasteiger partial charge is 0.355 e. The van der Waals surface area contributed by atoms with Gasteiger partial charge in [-0.1, -0.05) is 6.07 Å². The van der Waals surface area contributed by atoms with Crippen molar-refractivity contribution < 1.29 is 17.6 Å². The van der Waals surface area contributed by atoms with Gasteiger partial charge in [0.05, 0.1) is 11.1 Å². The molecule has 0 aliphatic heterocycles. The molecule has 2 aromatic rings. The van der Waals surface area contributed by atoms with Crippen LogP contribution in [0.2, 0.25) is 0 Å². The molecule has 1 N–H and O–H groups in total. The second kappa shape index (κ2) is 5.44. The highest BCUT2D eigenvalue weighted by atomic mass is 19.4. The number of aryl methyl sites for hydroxylation is 1. The number of nitrogens with one attached hydrogen (secondary N) is 1. The molecule has 0 aliphatic rings. The molecule has 21 heavy (non-hydrogen) atoms. The van der Waals surface area contributed by atoms with Crippen molar-refractivity contribution in [2.24, 2.45) is 0 Å². The van der Waals surface area contributed by atoms with Crippen molar-refractivity contribution in [2.75, 3.05) is 5.32 Å². The van der Waals surface area contributed by atoms with Gasteiger partial charge in [-0.2, -0.15) is 18.4 Å². The largest absolute Gasteiger partial charge is 0.416 e. The van der Waals surface area contributed by atoms with E-state index in [1.807, 2.05) is 0 Å². The number of rotatable bonds is 2. The lowest BCUT2D eigenvalue weighted by Gasteiger charge is -2.13. The number of nitriles is 1. The second-order valence-electron chi connectivity index (χ2n) is 4.46. The van der Waals surface area contributed by atoms with Gasteiger partial charge in [-0.15, -0.1) is 0 Å². The zero-order chi connectivity index (χ0) is 15.6. The monoisotopic (exact) mass is 294 g/mol. The standard InChI is InChI=1S/C15H10F4N2/c1-9-2-4-11(15(17,18)19)6-14(9)21-12-5-3-10(8-20)13(16)7-12/h2-7,21H,1H3. The summed E-state index contributed by atoms with van der Waals surface area (Å²) in [4.78, 5) is 0. The molecule has 108 valence electrons. The first kappa shape index (κ1) is 14.9. The molecular formula is C15H10F4N2. The number of benzene rings is 2. The SMILES string of the molecule is Cc1ccc(C(F)(F)F)cc1Nc1ccc(C#N)c(F)c1. The zero-order valence-electron chi connectivity index (χ0n) is 10.9. The minimum Gasteiger partial charge on any atom is -0.355 e. The van der Waals surface area contributed by atoms with Crippen molar-refractivity contribution in [2.45, 2.75) is 13.1 Å². The molecule has 0 spiro atoms. The van der Waals surface area contributed by atoms with Crippen LogP contribution in [0.5, 0.6) is 0 Å². The van der Waals surface area contributed by atoms with Gasteiger partial charge in [0.25, 0.3) is 0 Å². The predicted octanol–water partition coefficient (Wildman–Crippen LogP) is 4.77. The number of anilines is 2. The third-order valence-electron chi connectivity index (χ3n) is 2.93. The Balaban J connectivity index is 2.35. The van der Waals surface area contributed by atoms with E-state index in [4.69, 9.17) is 5.26 Å². The Morgan fingerprint density at radius 2 is 1.81 bits per heavy atom. The molecule has 2 rings (SSSR count). The molecule has 0 amide bonds. The fourth-order valence-corrected chi connectivity index (χ4v) is 1.77. The van der Waals surface area contributed by atoms with Crippen LogP contribution in [0.3, 0.4) is 0 Å². The van der Waals surface area contributed by atoms with E-state index in [1.54, 1.807) is 13.0 Å². The van der Waals surface area contributed by atoms with E-state index in [1.165, 1.54) is 18.2 Å². The molecule has 6 heteroatoms. The summed E-state index contributed by atoms with van der Waals surface area (Å²) in [6, 6.07) is 8.73. The highest BCUT2D eigenvalue weighted by Crippen LogP contribution is 2.33. The Bertz CT molecular complexity index is 715. The van der Waals surface area contributed by atoms with Crippen LogP contribution in [0.4, 0.5) is 28.9 Å². The molecular weight excluding hydrogens is 284 g/mol. The summed E-state index contributed by atoms with van der Waals surface area (Å²) in [5.74, 6) is -0.730. The van der Waals surface area contributed by atoms with Crippen LogP contribution in [0.15, 0.2) is 36.4 Å². The molecule has 2 aromatic carbocycles. The number of alkyl halides is 3. The molecule has 0 saturated carbocycles. The Morgan fingerprint density at radius 3 is 2.38 bits per heavy atom. The Labute approximate surface area is 118 Å². The predicted molar refractivity (Wildman–Crippen MR) is 70.6 cm³/mol. The lowest BCUT2D eigenvalue weighted by Crippen LogP contribution is -2.06. The molecule has 0 radical (unpaired) electrons. The van der Waals surface area contributed by atoms with Gasteiger partial charge in [0, 0.05) is 11.4 Å². The fraction of sp³-hybridized carbons (Fsp3) is 0.133. The molecule has 0 unspecified atom stereocenters. The average Bonchev–Trinajstić information content (AvgIpc) is 2.40. The molecule has 0 atom stereocenters. The van der Waals surface area contributed by atoms with E-state index in [0.717, 1.165) is 18.2 Å². The average molecular weight is 294 g/mol. The third-order valence-corrected chi connectivity index (χ3v) is 2.93. The minimum absolute atomic E-state index is 0.124. The Kier molecular flexibility index (Phi) is 3.85. The quantitative estimate of drug-likeness (QED) is 0.810. The molecule has 0 fully saturated rings. The number of nitrogens with zero attached hydrogens (tertiary/aromatic N) is 1. The van der Waals surface area contributed by atoms with Crippen LogP contribution >= 0.6 is 0 Å². The van der Waals surface area contributed by atoms with Gasteiger partial charge in [-0.05, 0) is 42.8 Å². The topological polar surface area (TPSA) is 35.8 Å². The summed E-state index contributed by atoms with van der Waals surface area (Å²) in [7, 11) is 0. The number of halogens is 4. The molecule has 0 aromatic heterocycles. The molecule has 0 saturated heterocycles. The minimum atomic E-state index is -4.44. The van der Waals surface area contributed by atoms with E-state index in [-0.39, 0.29) is 16.9 Å². The first-order valence-corrected chi connectivity index (χ1v) is 5.96. The van der Waals surface area contributed by atoms with Gasteiger partial charge in [0.1, 0.15) is 11.9 Å². The van der Waals surface area contributed by atoms with E-state index < -0.39 is 17.6 Å². The molecule has 0 bridgehead atoms. The van der Waals surface area contributed by atoms with Crippen LogP contribution in [-0.4, -0.2) is 0 Å². The summed E-state index contributed by atoms with van der Waals surface area (Å²) < 4.78 is 51.5. The maximum Gasteiger partial charge on any atom is 0.416 e. The van der Waals surface area contributed by atoms with E-state index in [0.29, 0.717) is 5.56 Å². The normalized spacial score (nSPS) is 11.0. The second-order valence-corrected chi connectivity index (χ2v) is 4.46. The van der Waals surface area contributed by atoms with Gasteiger partial charge in [-0.3, -0.25) is 0 Å². The zero-order valence-corrected chi connectivity index (χ0v) is 10.9. The summed E-state index contributed by atoms with van der Waals surface area (Å²) >= 11 is 0. The van der Waals surface area contributed by atoms with Gasteiger partial charge in [-0.25, -0.2) is 4.39 Å². The van der Waals surface area contributed by atoms with Crippen LogP contribution in [-0.2, 0) is 6.18 Å². The highest BCUT2D eigenvalue weighted by molar-refractivity contribution is 5.64. The fourth-order valence-electron chi connectivity index (χ4n) is 1.77. The number of hydrogen-bond acceptors (Lipinski definition) is 2. The van der Waals surface area contributed by atoms with Crippen molar-refractivity contribution in [1.29, 1.82) is 5.26 Å². The van der Waals surface area contributed by atoms with E-state index in [9.17, 15) is 17.6 Å². The first-order chi connectivity index (χ1) is 9.81. The molecule has 0 heterocycles. The van der Waals surface area contributed by atoms with Crippen molar-refractivity contribution in [3.8, 4) is 6.07 Å². The lowest BCUT2D eigenvalue weighted by atomic mass is 10.1. The van der Waals surface area contributed by atoms with Crippen LogP contribution in [0.1, 0.15) is 16.7 Å². The van der Waals surface area contributed by atoms with Crippen molar-refractivity contribution in [1.82, 2.24) is 0 Å². The summed E-state index contributed by atoms with van der Waals surface area (Å²) in [6.45, 7) is 1.64. The van der Waals surface area contributed by atoms with Crippen LogP contribution < -0.4 is 5.32 Å². The summed E-state index contributed by atoms with van der Waals surface area (Å²) in [6.07, 6.45) is -4.44. The van der Waals surface area contributed by atoms with Crippen LogP contribution in [0, 0.1) is 24.1 Å². The third kappa shape index (κ3) is 3.31. The van der Waals surface area contributed by atoms with E-state index in [2.05, 4.69) is 5.32 Å². The van der Waals surface area contributed by atoms with Crippen LogP contribution in [0.25, 0.3) is 0 Å². The maximum absolute atomic E-state index is 13.5. The van der Waals surface area contributed by atoms with Crippen molar-refractivity contribution in [3.05, 3.63) is 58.9 Å². The van der Waals surface area contributed by atoms with E-state index >= 15 is 0 Å². The van der Waals surface area contributed by atoms with Gasteiger partial charge >= 0.3 is 6.18 Å². The lowest BCUT2D eigenvalue weighted by molar-refractivity contribution is -0.137. The maximum atomic E-state index is 13.5. The summed E-state index contributed by atoms with van der Waals surface area (Å²) in [5, 5.41) is 11.4. The Hall–Kier alpha value is -2.55. The molecule has 0 aliphatic carbocycles. The van der Waals surface area contributed by atoms with Crippen molar-refractivity contribution >= 4 is 11.4 Å². The number of hydrogen-bond donors (Lipinski definition) is 1. The Morgan fingerprint density at radius 1 is 1.10 bits per heavy atom. The van der Waals surface area contributed by atoms with Gasteiger partial charge < -0.3 is 5.32 Å². The van der Waals surface area contributed by atoms with Crippen molar-refractivity contribution in [3.63, 3.8) is 0 Å². The summed E-state index contributed by atoms with van der Waals surface area (Å²) in [5.41, 5.74) is 0.182.